The Morgan fingerprint density at radius 2 is 1.86 bits per heavy atom. The lowest BCUT2D eigenvalue weighted by Gasteiger charge is -2.43. The van der Waals surface area contributed by atoms with E-state index in [9.17, 15) is 10.1 Å². The number of nitrogen functional groups attached to an aromatic ring is 1. The molecule has 1 saturated heterocycles. The fraction of sp³-hybridized carbons (Fsp3) is 0.448. The predicted octanol–water partition coefficient (Wildman–Crippen LogP) is 4.47. The standard InChI is InChI=1S/C29H30N6O/c30-15-20-14-24(21-2-1-3-23-22(21)10-11-32-27(23)31)26(18-6-7-18)33-28(20)34-12-13-35(29(36)19-8-9-19)25(16-34)17-4-5-17/h1-3,10-11,14,17-19,25H,4-9,12-13,16H2,(H2,31,32)/t25-/m0/s1. The van der Waals surface area contributed by atoms with E-state index in [2.05, 4.69) is 26.9 Å². The molecular weight excluding hydrogens is 448 g/mol. The van der Waals surface area contributed by atoms with Crippen molar-refractivity contribution in [2.75, 3.05) is 30.3 Å². The normalized spacial score (nSPS) is 22.0. The van der Waals surface area contributed by atoms with Gasteiger partial charge in [-0.05, 0) is 67.5 Å². The summed E-state index contributed by atoms with van der Waals surface area (Å²) in [5.41, 5.74) is 9.93. The van der Waals surface area contributed by atoms with E-state index in [1.165, 1.54) is 12.8 Å². The molecule has 7 rings (SSSR count). The number of benzene rings is 1. The molecule has 3 aromatic rings. The quantitative estimate of drug-likeness (QED) is 0.581. The molecule has 3 aliphatic carbocycles. The van der Waals surface area contributed by atoms with Gasteiger partial charge < -0.3 is 15.5 Å². The highest BCUT2D eigenvalue weighted by molar-refractivity contribution is 6.02. The van der Waals surface area contributed by atoms with Crippen LogP contribution >= 0.6 is 0 Å². The Hall–Kier alpha value is -3.66. The number of pyridine rings is 2. The van der Waals surface area contributed by atoms with E-state index in [1.54, 1.807) is 6.20 Å². The molecule has 4 fully saturated rings. The molecule has 0 spiro atoms. The lowest BCUT2D eigenvalue weighted by atomic mass is 9.94. The largest absolute Gasteiger partial charge is 0.383 e. The summed E-state index contributed by atoms with van der Waals surface area (Å²) >= 11 is 0. The number of carbonyl (C=O) groups excluding carboxylic acids is 1. The van der Waals surface area contributed by atoms with Crippen molar-refractivity contribution in [3.8, 4) is 17.2 Å². The number of carbonyl (C=O) groups is 1. The molecule has 7 heteroatoms. The van der Waals surface area contributed by atoms with E-state index in [1.807, 2.05) is 24.3 Å². The number of rotatable bonds is 5. The van der Waals surface area contributed by atoms with Crippen LogP contribution in [-0.2, 0) is 4.79 Å². The molecule has 1 atom stereocenters. The van der Waals surface area contributed by atoms with Crippen molar-refractivity contribution < 1.29 is 4.79 Å². The van der Waals surface area contributed by atoms with E-state index < -0.39 is 0 Å². The number of nitrogens with two attached hydrogens (primary N) is 1. The molecule has 7 nitrogen and oxygen atoms in total. The molecule has 1 aliphatic heterocycles. The highest BCUT2D eigenvalue weighted by Crippen LogP contribution is 2.47. The molecule has 0 bridgehead atoms. The fourth-order valence-corrected chi connectivity index (χ4v) is 5.91. The average molecular weight is 479 g/mol. The SMILES string of the molecule is N#Cc1cc(-c2cccc3c(N)nccc23)c(C2CC2)nc1N1CCN(C(=O)C2CC2)[C@H](C2CC2)C1. The van der Waals surface area contributed by atoms with Gasteiger partial charge in [0.2, 0.25) is 5.91 Å². The Morgan fingerprint density at radius 1 is 1.03 bits per heavy atom. The summed E-state index contributed by atoms with van der Waals surface area (Å²) in [6.45, 7) is 2.22. The van der Waals surface area contributed by atoms with Crippen molar-refractivity contribution in [1.82, 2.24) is 14.9 Å². The molecular formula is C29H30N6O. The second-order valence-electron chi connectivity index (χ2n) is 10.9. The first-order valence-electron chi connectivity index (χ1n) is 13.3. The number of nitriles is 1. The molecule has 36 heavy (non-hydrogen) atoms. The Labute approximate surface area is 210 Å². The van der Waals surface area contributed by atoms with Gasteiger partial charge in [0.05, 0.1) is 17.3 Å². The summed E-state index contributed by atoms with van der Waals surface area (Å²) in [6.07, 6.45) is 8.44. The number of piperazine rings is 1. The topological polar surface area (TPSA) is 99.1 Å². The van der Waals surface area contributed by atoms with Gasteiger partial charge in [0, 0.05) is 48.6 Å². The van der Waals surface area contributed by atoms with Crippen LogP contribution in [0, 0.1) is 23.2 Å². The number of amides is 1. The molecule has 4 aliphatic rings. The summed E-state index contributed by atoms with van der Waals surface area (Å²) < 4.78 is 0. The molecule has 1 aromatic carbocycles. The van der Waals surface area contributed by atoms with Gasteiger partial charge in [-0.1, -0.05) is 18.2 Å². The zero-order valence-electron chi connectivity index (χ0n) is 20.4. The minimum atomic E-state index is 0.234. The summed E-state index contributed by atoms with van der Waals surface area (Å²) in [6, 6.07) is 12.8. The van der Waals surface area contributed by atoms with Crippen molar-refractivity contribution in [3.63, 3.8) is 0 Å². The van der Waals surface area contributed by atoms with Gasteiger partial charge in [0.15, 0.2) is 0 Å². The van der Waals surface area contributed by atoms with Crippen molar-refractivity contribution in [1.29, 1.82) is 5.26 Å². The monoisotopic (exact) mass is 478 g/mol. The Bertz CT molecular complexity index is 1420. The van der Waals surface area contributed by atoms with E-state index in [-0.39, 0.29) is 12.0 Å². The van der Waals surface area contributed by atoms with Crippen molar-refractivity contribution in [3.05, 3.63) is 47.8 Å². The van der Waals surface area contributed by atoms with Crippen LogP contribution in [0.3, 0.4) is 0 Å². The number of aromatic nitrogens is 2. The zero-order valence-corrected chi connectivity index (χ0v) is 20.4. The highest BCUT2D eigenvalue weighted by Gasteiger charge is 2.45. The van der Waals surface area contributed by atoms with Crippen LogP contribution in [0.15, 0.2) is 36.5 Å². The van der Waals surface area contributed by atoms with Gasteiger partial charge in [0.1, 0.15) is 17.7 Å². The number of nitrogens with zero attached hydrogens (tertiary/aromatic N) is 5. The highest BCUT2D eigenvalue weighted by atomic mass is 16.2. The third-order valence-corrected chi connectivity index (χ3v) is 8.34. The van der Waals surface area contributed by atoms with E-state index in [4.69, 9.17) is 10.7 Å². The van der Waals surface area contributed by atoms with E-state index >= 15 is 0 Å². The van der Waals surface area contributed by atoms with E-state index in [0.717, 1.165) is 78.7 Å². The molecule has 0 unspecified atom stereocenters. The van der Waals surface area contributed by atoms with Gasteiger partial charge in [-0.15, -0.1) is 0 Å². The molecule has 182 valence electrons. The fourth-order valence-electron chi connectivity index (χ4n) is 5.91. The van der Waals surface area contributed by atoms with Crippen molar-refractivity contribution in [2.24, 2.45) is 11.8 Å². The molecule has 2 N–H and O–H groups in total. The van der Waals surface area contributed by atoms with Crippen molar-refractivity contribution in [2.45, 2.75) is 50.5 Å². The average Bonchev–Trinajstić information content (AvgIpc) is 3.77. The zero-order chi connectivity index (χ0) is 24.4. The van der Waals surface area contributed by atoms with Crippen LogP contribution in [-0.4, -0.2) is 46.5 Å². The van der Waals surface area contributed by atoms with Crippen LogP contribution in [0.1, 0.15) is 55.7 Å². The summed E-state index contributed by atoms with van der Waals surface area (Å²) in [7, 11) is 0. The molecule has 3 heterocycles. The lowest BCUT2D eigenvalue weighted by Crippen LogP contribution is -2.57. The first-order chi connectivity index (χ1) is 17.6. The predicted molar refractivity (Wildman–Crippen MR) is 139 cm³/mol. The summed E-state index contributed by atoms with van der Waals surface area (Å²) in [5.74, 6) is 2.89. The minimum Gasteiger partial charge on any atom is -0.383 e. The number of fused-ring (bicyclic) bond motifs is 1. The van der Waals surface area contributed by atoms with Crippen LogP contribution in [0.2, 0.25) is 0 Å². The maximum absolute atomic E-state index is 13.0. The van der Waals surface area contributed by atoms with Gasteiger partial charge in [-0.2, -0.15) is 5.26 Å². The number of hydrogen-bond donors (Lipinski definition) is 1. The van der Waals surface area contributed by atoms with E-state index in [0.29, 0.717) is 29.1 Å². The summed E-state index contributed by atoms with van der Waals surface area (Å²) in [4.78, 5) is 26.9. The number of hydrogen-bond acceptors (Lipinski definition) is 6. The third kappa shape index (κ3) is 3.67. The molecule has 1 amide bonds. The minimum absolute atomic E-state index is 0.234. The second kappa shape index (κ2) is 8.19. The van der Waals surface area contributed by atoms with Gasteiger partial charge in [0.25, 0.3) is 0 Å². The van der Waals surface area contributed by atoms with Crippen LogP contribution in [0.5, 0.6) is 0 Å². The van der Waals surface area contributed by atoms with Gasteiger partial charge in [-0.3, -0.25) is 4.79 Å². The maximum atomic E-state index is 13.0. The maximum Gasteiger partial charge on any atom is 0.226 e. The summed E-state index contributed by atoms with van der Waals surface area (Å²) in [5, 5.41) is 12.2. The second-order valence-corrected chi connectivity index (χ2v) is 10.9. The van der Waals surface area contributed by atoms with Crippen LogP contribution in [0.25, 0.3) is 21.9 Å². The molecule has 2 aromatic heterocycles. The van der Waals surface area contributed by atoms with Gasteiger partial charge >= 0.3 is 0 Å². The van der Waals surface area contributed by atoms with Crippen LogP contribution in [0.4, 0.5) is 11.6 Å². The first-order valence-corrected chi connectivity index (χ1v) is 13.3. The van der Waals surface area contributed by atoms with Crippen molar-refractivity contribution >= 4 is 28.3 Å². The van der Waals surface area contributed by atoms with Gasteiger partial charge in [-0.25, -0.2) is 9.97 Å². The third-order valence-electron chi connectivity index (χ3n) is 8.34. The van der Waals surface area contributed by atoms with Crippen LogP contribution < -0.4 is 10.6 Å². The lowest BCUT2D eigenvalue weighted by molar-refractivity contribution is -0.135. The smallest absolute Gasteiger partial charge is 0.226 e. The Kier molecular flexibility index (Phi) is 4.92. The molecule has 3 saturated carbocycles. The number of anilines is 2. The molecule has 0 radical (unpaired) electrons. The Morgan fingerprint density at radius 3 is 2.58 bits per heavy atom. The Balaban J connectivity index is 1.29. The first kappa shape index (κ1) is 21.6.